The summed E-state index contributed by atoms with van der Waals surface area (Å²) in [5, 5.41) is 0. The van der Waals surface area contributed by atoms with E-state index in [2.05, 4.69) is 60.7 Å². The molecule has 2 heteroatoms. The van der Waals surface area contributed by atoms with Gasteiger partial charge >= 0.3 is 0 Å². The summed E-state index contributed by atoms with van der Waals surface area (Å²) in [4.78, 5) is 15.0. The lowest BCUT2D eigenvalue weighted by Crippen LogP contribution is -2.54. The van der Waals surface area contributed by atoms with Gasteiger partial charge in [0.15, 0.2) is 0 Å². The Morgan fingerprint density at radius 3 is 1.89 bits per heavy atom. The number of rotatable bonds is 7. The first kappa shape index (κ1) is 17.5. The molecule has 1 fully saturated rings. The maximum atomic E-state index is 12.9. The van der Waals surface area contributed by atoms with Crippen molar-refractivity contribution in [2.45, 2.75) is 31.8 Å². The topological polar surface area (TPSA) is 20.3 Å². The third-order valence-electron chi connectivity index (χ3n) is 5.48. The summed E-state index contributed by atoms with van der Waals surface area (Å²) in [6.45, 7) is 0.689. The molecule has 2 atom stereocenters. The molecule has 0 bridgehead atoms. The Hall–Kier alpha value is -2.87. The van der Waals surface area contributed by atoms with Crippen LogP contribution >= 0.6 is 0 Å². The van der Waals surface area contributed by atoms with E-state index in [1.807, 2.05) is 35.2 Å². The Kier molecular flexibility index (Phi) is 5.34. The molecule has 1 aliphatic rings. The third kappa shape index (κ3) is 3.95. The molecule has 0 spiro atoms. The van der Waals surface area contributed by atoms with Crippen LogP contribution in [0.3, 0.4) is 0 Å². The van der Waals surface area contributed by atoms with E-state index in [1.165, 1.54) is 16.7 Å². The smallest absolute Gasteiger partial charge is 0.228 e. The van der Waals surface area contributed by atoms with E-state index in [-0.39, 0.29) is 12.0 Å². The van der Waals surface area contributed by atoms with Crippen molar-refractivity contribution in [1.82, 2.24) is 4.90 Å². The molecule has 2 nitrogen and oxygen atoms in total. The highest BCUT2D eigenvalue weighted by Gasteiger charge is 2.46. The summed E-state index contributed by atoms with van der Waals surface area (Å²) in [5.41, 5.74) is 3.79. The number of hydrogen-bond acceptors (Lipinski definition) is 1. The first-order valence-electron chi connectivity index (χ1n) is 9.76. The summed E-state index contributed by atoms with van der Waals surface area (Å²) >= 11 is 0. The van der Waals surface area contributed by atoms with Crippen LogP contribution in [0.5, 0.6) is 0 Å². The molecule has 0 saturated carbocycles. The zero-order chi connectivity index (χ0) is 18.5. The fourth-order valence-corrected chi connectivity index (χ4v) is 4.09. The van der Waals surface area contributed by atoms with Gasteiger partial charge in [0.1, 0.15) is 0 Å². The molecule has 1 heterocycles. The maximum absolute atomic E-state index is 12.9. The summed E-state index contributed by atoms with van der Waals surface area (Å²) < 4.78 is 0. The van der Waals surface area contributed by atoms with Gasteiger partial charge in [-0.1, -0.05) is 91.0 Å². The van der Waals surface area contributed by atoms with E-state index >= 15 is 0 Å². The molecule has 2 unspecified atom stereocenters. The number of benzene rings is 3. The van der Waals surface area contributed by atoms with Crippen LogP contribution in [0.4, 0.5) is 0 Å². The Labute approximate surface area is 161 Å². The molecular formula is C25H25NO. The number of amides is 1. The highest BCUT2D eigenvalue weighted by Crippen LogP contribution is 2.43. The van der Waals surface area contributed by atoms with Crippen molar-refractivity contribution in [2.24, 2.45) is 5.92 Å². The molecule has 0 aliphatic carbocycles. The molecule has 1 aliphatic heterocycles. The van der Waals surface area contributed by atoms with Gasteiger partial charge in [-0.15, -0.1) is 0 Å². The summed E-state index contributed by atoms with van der Waals surface area (Å²) in [7, 11) is 0. The van der Waals surface area contributed by atoms with Crippen LogP contribution in [-0.2, 0) is 17.8 Å². The Bertz CT molecular complexity index is 861. The predicted octanol–water partition coefficient (Wildman–Crippen LogP) is 5.41. The molecule has 27 heavy (non-hydrogen) atoms. The molecular weight excluding hydrogens is 330 g/mol. The Balaban J connectivity index is 1.46. The van der Waals surface area contributed by atoms with Gasteiger partial charge in [-0.3, -0.25) is 4.79 Å². The van der Waals surface area contributed by atoms with Crippen molar-refractivity contribution in [2.75, 3.05) is 0 Å². The van der Waals surface area contributed by atoms with E-state index in [9.17, 15) is 4.79 Å². The van der Waals surface area contributed by atoms with Gasteiger partial charge in [0.2, 0.25) is 5.91 Å². The van der Waals surface area contributed by atoms with E-state index in [0.717, 1.165) is 19.3 Å². The van der Waals surface area contributed by atoms with Crippen molar-refractivity contribution < 1.29 is 4.79 Å². The first-order chi connectivity index (χ1) is 13.3. The molecule has 4 rings (SSSR count). The third-order valence-corrected chi connectivity index (χ3v) is 5.48. The van der Waals surface area contributed by atoms with Crippen LogP contribution < -0.4 is 0 Å². The normalized spacial score (nSPS) is 19.0. The number of aryl methyl sites for hydroxylation is 1. The summed E-state index contributed by atoms with van der Waals surface area (Å²) in [5.74, 6) is 0.389. The average molecular weight is 355 g/mol. The van der Waals surface area contributed by atoms with Gasteiger partial charge in [-0.2, -0.15) is 0 Å². The van der Waals surface area contributed by atoms with Gasteiger partial charge in [0.25, 0.3) is 0 Å². The summed E-state index contributed by atoms with van der Waals surface area (Å²) in [6.07, 6.45) is 3.02. The second-order valence-electron chi connectivity index (χ2n) is 7.29. The molecule has 3 aromatic rings. The van der Waals surface area contributed by atoms with Crippen LogP contribution in [0.2, 0.25) is 0 Å². The van der Waals surface area contributed by atoms with Crippen LogP contribution in [0.15, 0.2) is 91.0 Å². The molecule has 0 aromatic heterocycles. The lowest BCUT2D eigenvalue weighted by molar-refractivity contribution is -0.158. The molecule has 136 valence electrons. The molecule has 3 aromatic carbocycles. The minimum absolute atomic E-state index is 0.0971. The minimum atomic E-state index is 0.0971. The number of likely N-dealkylation sites (tertiary alicyclic amines) is 1. The fourth-order valence-electron chi connectivity index (χ4n) is 4.09. The van der Waals surface area contributed by atoms with Crippen molar-refractivity contribution in [3.63, 3.8) is 0 Å². The Morgan fingerprint density at radius 1 is 0.704 bits per heavy atom. The number of β-lactam (4-membered cyclic amide) rings is 1. The monoisotopic (exact) mass is 355 g/mol. The lowest BCUT2D eigenvalue weighted by Gasteiger charge is -2.48. The zero-order valence-corrected chi connectivity index (χ0v) is 15.5. The van der Waals surface area contributed by atoms with Crippen molar-refractivity contribution >= 4 is 5.91 Å². The number of nitrogens with zero attached hydrogens (tertiary/aromatic N) is 1. The molecule has 0 radical (unpaired) electrons. The highest BCUT2D eigenvalue weighted by molar-refractivity contribution is 5.86. The molecule has 1 saturated heterocycles. The van der Waals surface area contributed by atoms with Crippen LogP contribution in [0.1, 0.15) is 35.6 Å². The van der Waals surface area contributed by atoms with Gasteiger partial charge in [0.05, 0.1) is 12.0 Å². The van der Waals surface area contributed by atoms with Gasteiger partial charge < -0.3 is 4.90 Å². The van der Waals surface area contributed by atoms with E-state index in [0.29, 0.717) is 12.5 Å². The van der Waals surface area contributed by atoms with Crippen LogP contribution in [-0.4, -0.2) is 10.8 Å². The van der Waals surface area contributed by atoms with Crippen LogP contribution in [0.25, 0.3) is 0 Å². The van der Waals surface area contributed by atoms with Crippen molar-refractivity contribution in [3.05, 3.63) is 108 Å². The fraction of sp³-hybridized carbons (Fsp3) is 0.240. The molecule has 1 amide bonds. The summed E-state index contributed by atoms with van der Waals surface area (Å²) in [6, 6.07) is 31.5. The van der Waals surface area contributed by atoms with E-state index < -0.39 is 0 Å². The van der Waals surface area contributed by atoms with Gasteiger partial charge in [0, 0.05) is 6.54 Å². The van der Waals surface area contributed by atoms with Crippen molar-refractivity contribution in [1.29, 1.82) is 0 Å². The van der Waals surface area contributed by atoms with E-state index in [1.54, 1.807) is 0 Å². The van der Waals surface area contributed by atoms with Gasteiger partial charge in [-0.05, 0) is 36.0 Å². The lowest BCUT2D eigenvalue weighted by atomic mass is 9.78. The SMILES string of the molecule is O=C1C(CCCc2ccccc2)C(c2ccccc2)N1Cc1ccccc1. The second-order valence-corrected chi connectivity index (χ2v) is 7.29. The number of hydrogen-bond donors (Lipinski definition) is 0. The average Bonchev–Trinajstić information content (AvgIpc) is 2.74. The zero-order valence-electron chi connectivity index (χ0n) is 15.5. The highest BCUT2D eigenvalue weighted by atomic mass is 16.2. The number of carbonyl (C=O) groups is 1. The quantitative estimate of drug-likeness (QED) is 0.519. The van der Waals surface area contributed by atoms with E-state index in [4.69, 9.17) is 0 Å². The standard InChI is InChI=1S/C25H25NO/c27-25-23(18-10-15-20-11-4-1-5-12-20)24(22-16-8-3-9-17-22)26(25)19-21-13-6-2-7-14-21/h1-9,11-14,16-17,23-24H,10,15,18-19H2. The van der Waals surface area contributed by atoms with Gasteiger partial charge in [-0.25, -0.2) is 0 Å². The largest absolute Gasteiger partial charge is 0.330 e. The molecule has 0 N–H and O–H groups in total. The van der Waals surface area contributed by atoms with Crippen molar-refractivity contribution in [3.8, 4) is 0 Å². The predicted molar refractivity (Wildman–Crippen MR) is 109 cm³/mol. The van der Waals surface area contributed by atoms with Crippen LogP contribution in [0, 0.1) is 5.92 Å². The maximum Gasteiger partial charge on any atom is 0.228 e. The minimum Gasteiger partial charge on any atom is -0.330 e. The first-order valence-corrected chi connectivity index (χ1v) is 9.76. The second kappa shape index (κ2) is 8.22. The number of carbonyl (C=O) groups excluding carboxylic acids is 1. The Morgan fingerprint density at radius 2 is 1.26 bits per heavy atom.